The summed E-state index contributed by atoms with van der Waals surface area (Å²) in [6.07, 6.45) is 3.70. The number of benzene rings is 4. The van der Waals surface area contributed by atoms with Crippen LogP contribution in [0, 0.1) is 17.9 Å². The summed E-state index contributed by atoms with van der Waals surface area (Å²) in [7, 11) is 0. The van der Waals surface area contributed by atoms with Crippen LogP contribution in [0.4, 0.5) is 4.39 Å². The van der Waals surface area contributed by atoms with Crippen LogP contribution in [0.3, 0.4) is 0 Å². The molecule has 0 N–H and O–H groups in total. The zero-order valence-corrected chi connectivity index (χ0v) is 31.0. The molecule has 233 valence electrons. The van der Waals surface area contributed by atoms with Crippen molar-refractivity contribution in [1.29, 1.82) is 0 Å². The number of halogens is 1. The van der Waals surface area contributed by atoms with E-state index in [-0.39, 0.29) is 25.9 Å². The molecular weight excluding hydrogens is 808 g/mol. The quantitative estimate of drug-likeness (QED) is 0.128. The Bertz CT molecular complexity index is 2120. The van der Waals surface area contributed by atoms with Gasteiger partial charge in [-0.1, -0.05) is 79.4 Å². The number of fused-ring (bicyclic) bond motifs is 3. The third-order valence-electron chi connectivity index (χ3n) is 7.80. The van der Waals surface area contributed by atoms with Crippen LogP contribution in [0.5, 0.6) is 0 Å². The summed E-state index contributed by atoms with van der Waals surface area (Å²) in [6, 6.07) is 39.3. The van der Waals surface area contributed by atoms with Crippen LogP contribution in [0.2, 0.25) is 17.3 Å². The Morgan fingerprint density at radius 3 is 2.20 bits per heavy atom. The summed E-state index contributed by atoms with van der Waals surface area (Å²) in [5, 5.41) is 2.12. The summed E-state index contributed by atoms with van der Waals surface area (Å²) < 4.78 is 28.5. The van der Waals surface area contributed by atoms with Crippen molar-refractivity contribution in [3.63, 3.8) is 0 Å². The largest absolute Gasteiger partial charge is 0 e. The first-order valence-corrected chi connectivity index (χ1v) is 22.3. The maximum atomic E-state index is 12.8. The Hall–Kier alpha value is -3.90. The van der Waals surface area contributed by atoms with Gasteiger partial charge in [-0.15, -0.1) is 17.7 Å². The molecule has 3 aromatic heterocycles. The Balaban J connectivity index is 0.000000207. The van der Waals surface area contributed by atoms with Gasteiger partial charge in [-0.3, -0.25) is 0 Å². The summed E-state index contributed by atoms with van der Waals surface area (Å²) in [4.78, 5) is 8.92. The molecule has 0 unspecified atom stereocenters. The number of aromatic nitrogens is 2. The molecule has 1 radical (unpaired) electrons. The molecule has 3 nitrogen and oxygen atoms in total. The maximum Gasteiger partial charge on any atom is 0 e. The van der Waals surface area contributed by atoms with Crippen molar-refractivity contribution in [2.75, 3.05) is 0 Å². The minimum absolute atomic E-state index is 0. The molecule has 7 aromatic rings. The number of hydrogen-bond acceptors (Lipinski definition) is 3. The Morgan fingerprint density at radius 2 is 1.52 bits per heavy atom. The molecule has 0 aliphatic heterocycles. The molecule has 0 spiro atoms. The third-order valence-corrected chi connectivity index (χ3v) is 12.1. The molecule has 0 saturated heterocycles. The van der Waals surface area contributed by atoms with Gasteiger partial charge >= 0.3 is 104 Å². The molecular formula is C40H35FGeIrN2O-2. The van der Waals surface area contributed by atoms with Gasteiger partial charge in [0.05, 0.1) is 5.58 Å². The van der Waals surface area contributed by atoms with E-state index in [4.69, 9.17) is 5.79 Å². The second-order valence-corrected chi connectivity index (χ2v) is 23.0. The monoisotopic (exact) mass is 846 g/mol. The predicted octanol–water partition coefficient (Wildman–Crippen LogP) is 10.5. The third kappa shape index (κ3) is 7.55. The van der Waals surface area contributed by atoms with Gasteiger partial charge in [-0.05, 0) is 40.2 Å². The average Bonchev–Trinajstić information content (AvgIpc) is 3.42. The van der Waals surface area contributed by atoms with Crippen molar-refractivity contribution in [3.05, 3.63) is 139 Å². The van der Waals surface area contributed by atoms with E-state index < -0.39 is 19.2 Å². The molecule has 7 rings (SSSR count). The van der Waals surface area contributed by atoms with Gasteiger partial charge in [0.1, 0.15) is 5.58 Å². The second kappa shape index (κ2) is 14.3. The molecule has 6 heteroatoms. The number of furan rings is 1. The van der Waals surface area contributed by atoms with E-state index in [9.17, 15) is 4.39 Å². The zero-order chi connectivity index (χ0) is 32.5. The van der Waals surface area contributed by atoms with Crippen LogP contribution < -0.4 is 4.40 Å². The van der Waals surface area contributed by atoms with Crippen molar-refractivity contribution in [3.8, 4) is 33.6 Å². The van der Waals surface area contributed by atoms with Gasteiger partial charge in [-0.25, -0.2) is 0 Å². The van der Waals surface area contributed by atoms with Crippen molar-refractivity contribution in [1.82, 2.24) is 9.97 Å². The van der Waals surface area contributed by atoms with Gasteiger partial charge in [0, 0.05) is 27.7 Å². The van der Waals surface area contributed by atoms with Crippen LogP contribution in [0.25, 0.3) is 55.6 Å². The van der Waals surface area contributed by atoms with E-state index in [2.05, 4.69) is 69.7 Å². The first-order chi connectivity index (χ1) is 22.0. The van der Waals surface area contributed by atoms with Crippen molar-refractivity contribution in [2.45, 2.75) is 37.0 Å². The van der Waals surface area contributed by atoms with E-state index in [1.807, 2.05) is 74.6 Å². The Morgan fingerprint density at radius 1 is 0.739 bits per heavy atom. The van der Waals surface area contributed by atoms with Crippen LogP contribution >= 0.6 is 0 Å². The fourth-order valence-corrected chi connectivity index (χ4v) is 7.30. The molecule has 4 aromatic carbocycles. The minimum Gasteiger partial charge on any atom is 0 e. The molecule has 0 bridgehead atoms. The summed E-state index contributed by atoms with van der Waals surface area (Å²) >= 11 is -1.79. The van der Waals surface area contributed by atoms with E-state index in [0.717, 1.165) is 55.6 Å². The smallest absolute Gasteiger partial charge is 0 e. The minimum atomic E-state index is -1.79. The van der Waals surface area contributed by atoms with E-state index >= 15 is 0 Å². The summed E-state index contributed by atoms with van der Waals surface area (Å²) in [5.41, 5.74) is 8.30. The Kier molecular flexibility index (Phi) is 9.93. The van der Waals surface area contributed by atoms with Crippen molar-refractivity contribution in [2.24, 2.45) is 0 Å². The second-order valence-electron chi connectivity index (χ2n) is 12.3. The van der Waals surface area contributed by atoms with E-state index in [0.29, 0.717) is 0 Å². The van der Waals surface area contributed by atoms with E-state index in [1.165, 1.54) is 22.1 Å². The number of nitrogens with zero attached hydrogens (tertiary/aromatic N) is 2. The van der Waals surface area contributed by atoms with E-state index in [1.54, 1.807) is 12.3 Å². The maximum absolute atomic E-state index is 12.8. The first kappa shape index (κ1) is 32.1. The van der Waals surface area contributed by atoms with Gasteiger partial charge in [-0.2, -0.15) is 0 Å². The van der Waals surface area contributed by atoms with Crippen LogP contribution in [0.1, 0.15) is 26.7 Å². The molecule has 0 aliphatic carbocycles. The molecule has 0 amide bonds. The number of hydrogen-bond donors (Lipinski definition) is 0. The van der Waals surface area contributed by atoms with Gasteiger partial charge < -0.3 is 9.40 Å². The normalized spacial score (nSPS) is 11.8. The summed E-state index contributed by atoms with van der Waals surface area (Å²) in [6.45, 7) is 3.76. The van der Waals surface area contributed by atoms with Crippen molar-refractivity contribution < 1.29 is 30.3 Å². The molecule has 0 fully saturated rings. The van der Waals surface area contributed by atoms with Gasteiger partial charge in [0.2, 0.25) is 0 Å². The number of rotatable bonds is 5. The fraction of sp³-hybridized carbons (Fsp3) is 0.150. The SMILES string of the molecule is [2H]C(C)(C)c1ccnc(-c2[c-]cc3c(c2)oc2ccc(-c4ccccc4)cc23)c1.[CH3][Ge]([CH3])([CH3])[c]1ccc(-c2[c-]cc(F)cc2)nc1.[Ir]. The van der Waals surface area contributed by atoms with Crippen LogP contribution in [-0.4, -0.2) is 23.2 Å². The van der Waals surface area contributed by atoms with Crippen molar-refractivity contribution >= 4 is 39.6 Å². The predicted molar refractivity (Wildman–Crippen MR) is 187 cm³/mol. The summed E-state index contributed by atoms with van der Waals surface area (Å²) in [5.74, 6) is 6.06. The zero-order valence-electron chi connectivity index (χ0n) is 27.5. The van der Waals surface area contributed by atoms with Gasteiger partial charge in [0.25, 0.3) is 0 Å². The molecule has 0 atom stereocenters. The number of pyridine rings is 2. The Labute approximate surface area is 288 Å². The first-order valence-electron chi connectivity index (χ1n) is 15.5. The molecule has 0 aliphatic rings. The van der Waals surface area contributed by atoms with Crippen LogP contribution in [0.15, 0.2) is 120 Å². The standard InChI is InChI=1S/C26H20NO.C14H15FGeN.Ir/c1-17(2)19-12-13-27-24(15-19)21-8-10-22-23-14-20(18-6-4-3-5-7-18)9-11-25(23)28-26(22)16-21;1-16(2,3)13-8-9-14(17-10-13)11-4-6-12(15)7-5-11;/h3-7,9-17H,1-2H3;4,6-10H,1-3H3;/q2*-1;/i17D;;. The molecule has 0 saturated carbocycles. The topological polar surface area (TPSA) is 38.9 Å². The molecule has 3 heterocycles. The van der Waals surface area contributed by atoms with Crippen LogP contribution in [-0.2, 0) is 20.1 Å². The van der Waals surface area contributed by atoms with Gasteiger partial charge in [0.15, 0.2) is 0 Å². The molecule has 46 heavy (non-hydrogen) atoms. The average molecular weight is 845 g/mol. The fourth-order valence-electron chi connectivity index (χ4n) is 5.12.